The van der Waals surface area contributed by atoms with Gasteiger partial charge in [-0.3, -0.25) is 0 Å². The maximum absolute atomic E-state index is 12.7. The first kappa shape index (κ1) is 13.4. The van der Waals surface area contributed by atoms with Crippen molar-refractivity contribution in [2.24, 2.45) is 0 Å². The third-order valence-corrected chi connectivity index (χ3v) is 2.84. The second-order valence-corrected chi connectivity index (χ2v) is 4.20. The summed E-state index contributed by atoms with van der Waals surface area (Å²) in [6.45, 7) is 1.80. The van der Waals surface area contributed by atoms with Crippen molar-refractivity contribution in [3.63, 3.8) is 0 Å². The predicted octanol–water partition coefficient (Wildman–Crippen LogP) is 4.83. The zero-order valence-corrected chi connectivity index (χ0v) is 9.78. The van der Waals surface area contributed by atoms with Gasteiger partial charge in [-0.25, -0.2) is 0 Å². The van der Waals surface area contributed by atoms with Crippen LogP contribution in [0.4, 0.5) is 13.2 Å². The molecule has 1 unspecified atom stereocenters. The lowest BCUT2D eigenvalue weighted by molar-refractivity contribution is -0.138. The molecule has 0 aromatic heterocycles. The van der Waals surface area contributed by atoms with Crippen LogP contribution < -0.4 is 0 Å². The molecule has 0 aliphatic rings. The number of alkyl halides is 4. The Balaban J connectivity index is 2.94. The van der Waals surface area contributed by atoms with Gasteiger partial charge in [-0.15, -0.1) is 11.6 Å². The minimum Gasteiger partial charge on any atom is -0.166 e. The van der Waals surface area contributed by atoms with Crippen molar-refractivity contribution in [1.82, 2.24) is 0 Å². The fourth-order valence-electron chi connectivity index (χ4n) is 1.72. The third kappa shape index (κ3) is 3.41. The van der Waals surface area contributed by atoms with E-state index in [-0.39, 0.29) is 5.92 Å². The van der Waals surface area contributed by atoms with Crippen LogP contribution in [0.1, 0.15) is 36.8 Å². The molecule has 1 rings (SSSR count). The van der Waals surface area contributed by atoms with Gasteiger partial charge in [-0.05, 0) is 30.4 Å². The molecule has 4 heteroatoms. The molecule has 1 aromatic carbocycles. The molecular weight excluding hydrogens is 237 g/mol. The Kier molecular flexibility index (Phi) is 4.66. The van der Waals surface area contributed by atoms with Gasteiger partial charge in [0.15, 0.2) is 0 Å². The summed E-state index contributed by atoms with van der Waals surface area (Å²) in [7, 11) is 0. The van der Waals surface area contributed by atoms with Crippen molar-refractivity contribution >= 4 is 11.6 Å². The minimum atomic E-state index is -4.27. The molecule has 0 amide bonds. The maximum Gasteiger partial charge on any atom is 0.416 e. The highest BCUT2D eigenvalue weighted by Gasteiger charge is 2.33. The lowest BCUT2D eigenvalue weighted by Gasteiger charge is -2.17. The van der Waals surface area contributed by atoms with E-state index in [1.54, 1.807) is 19.1 Å². The third-order valence-electron chi connectivity index (χ3n) is 2.57. The van der Waals surface area contributed by atoms with Gasteiger partial charge in [0, 0.05) is 5.88 Å². The molecule has 1 aromatic rings. The van der Waals surface area contributed by atoms with Crippen molar-refractivity contribution in [3.05, 3.63) is 35.4 Å². The highest BCUT2D eigenvalue weighted by Crippen LogP contribution is 2.36. The lowest BCUT2D eigenvalue weighted by atomic mass is 9.92. The van der Waals surface area contributed by atoms with E-state index in [0.29, 0.717) is 17.9 Å². The van der Waals surface area contributed by atoms with Crippen molar-refractivity contribution in [1.29, 1.82) is 0 Å². The predicted molar refractivity (Wildman–Crippen MR) is 59.8 cm³/mol. The number of hydrogen-bond acceptors (Lipinski definition) is 0. The van der Waals surface area contributed by atoms with Gasteiger partial charge in [0.2, 0.25) is 0 Å². The van der Waals surface area contributed by atoms with Crippen molar-refractivity contribution in [2.75, 3.05) is 5.88 Å². The van der Waals surface area contributed by atoms with Crippen molar-refractivity contribution < 1.29 is 13.2 Å². The van der Waals surface area contributed by atoms with Crippen LogP contribution in [0, 0.1) is 0 Å². The second-order valence-electron chi connectivity index (χ2n) is 3.82. The van der Waals surface area contributed by atoms with Gasteiger partial charge in [0.25, 0.3) is 0 Å². The van der Waals surface area contributed by atoms with E-state index in [4.69, 9.17) is 11.6 Å². The fourth-order valence-corrected chi connectivity index (χ4v) is 1.88. The van der Waals surface area contributed by atoms with E-state index in [2.05, 4.69) is 0 Å². The van der Waals surface area contributed by atoms with Gasteiger partial charge >= 0.3 is 6.18 Å². The standard InChI is InChI=1S/C12H14ClF3/c1-9(5-4-8-13)10-6-2-3-7-11(10)12(14,15)16/h2-3,6-7,9H,4-5,8H2,1H3. The Morgan fingerprint density at radius 3 is 2.44 bits per heavy atom. The quantitative estimate of drug-likeness (QED) is 0.672. The average molecular weight is 251 g/mol. The van der Waals surface area contributed by atoms with Crippen LogP contribution in [0.5, 0.6) is 0 Å². The highest BCUT2D eigenvalue weighted by molar-refractivity contribution is 6.17. The van der Waals surface area contributed by atoms with Crippen LogP contribution in [-0.2, 0) is 6.18 Å². The molecule has 90 valence electrons. The number of halogens is 4. The molecule has 0 fully saturated rings. The van der Waals surface area contributed by atoms with Gasteiger partial charge in [0.1, 0.15) is 0 Å². The summed E-state index contributed by atoms with van der Waals surface area (Å²) < 4.78 is 38.1. The molecule has 0 aliphatic carbocycles. The van der Waals surface area contributed by atoms with Crippen LogP contribution in [-0.4, -0.2) is 5.88 Å². The Morgan fingerprint density at radius 1 is 1.25 bits per heavy atom. The molecule has 0 saturated heterocycles. The monoisotopic (exact) mass is 250 g/mol. The van der Waals surface area contributed by atoms with E-state index >= 15 is 0 Å². The Morgan fingerprint density at radius 2 is 1.88 bits per heavy atom. The normalized spacial score (nSPS) is 13.8. The van der Waals surface area contributed by atoms with Gasteiger partial charge in [-0.2, -0.15) is 13.2 Å². The summed E-state index contributed by atoms with van der Waals surface area (Å²) in [5.74, 6) is 0.370. The Labute approximate surface area is 98.4 Å². The van der Waals surface area contributed by atoms with Crippen LogP contribution >= 0.6 is 11.6 Å². The van der Waals surface area contributed by atoms with E-state index < -0.39 is 11.7 Å². The Bertz CT molecular complexity index is 333. The molecule has 0 aliphatic heterocycles. The zero-order chi connectivity index (χ0) is 12.2. The molecule has 16 heavy (non-hydrogen) atoms. The van der Waals surface area contributed by atoms with Gasteiger partial charge in [-0.1, -0.05) is 25.1 Å². The molecule has 0 nitrogen and oxygen atoms in total. The van der Waals surface area contributed by atoms with Crippen molar-refractivity contribution in [3.8, 4) is 0 Å². The molecule has 0 radical (unpaired) electrons. The van der Waals surface area contributed by atoms with E-state index in [1.807, 2.05) is 0 Å². The van der Waals surface area contributed by atoms with Crippen LogP contribution in [0.2, 0.25) is 0 Å². The molecule has 0 heterocycles. The molecule has 0 bridgehead atoms. The number of benzene rings is 1. The molecule has 0 saturated carbocycles. The van der Waals surface area contributed by atoms with Gasteiger partial charge < -0.3 is 0 Å². The summed E-state index contributed by atoms with van der Waals surface area (Å²) in [5, 5.41) is 0. The zero-order valence-electron chi connectivity index (χ0n) is 9.02. The lowest BCUT2D eigenvalue weighted by Crippen LogP contribution is -2.10. The first-order chi connectivity index (χ1) is 7.46. The van der Waals surface area contributed by atoms with Crippen molar-refractivity contribution in [2.45, 2.75) is 31.9 Å². The van der Waals surface area contributed by atoms with E-state index in [9.17, 15) is 13.2 Å². The second kappa shape index (κ2) is 5.58. The molecule has 1 atom stereocenters. The first-order valence-corrected chi connectivity index (χ1v) is 5.72. The summed E-state index contributed by atoms with van der Waals surface area (Å²) in [4.78, 5) is 0. The minimum absolute atomic E-state index is 0.114. The van der Waals surface area contributed by atoms with E-state index in [1.165, 1.54) is 6.07 Å². The summed E-state index contributed by atoms with van der Waals surface area (Å²) in [5.41, 5.74) is -0.169. The Hall–Kier alpha value is -0.700. The summed E-state index contributed by atoms with van der Waals surface area (Å²) in [6.07, 6.45) is -2.86. The number of rotatable bonds is 4. The maximum atomic E-state index is 12.7. The molecule has 0 spiro atoms. The largest absolute Gasteiger partial charge is 0.416 e. The van der Waals surface area contributed by atoms with Crippen LogP contribution in [0.15, 0.2) is 24.3 Å². The van der Waals surface area contributed by atoms with Crippen LogP contribution in [0.3, 0.4) is 0 Å². The van der Waals surface area contributed by atoms with E-state index in [0.717, 1.165) is 12.5 Å². The first-order valence-electron chi connectivity index (χ1n) is 5.19. The van der Waals surface area contributed by atoms with Crippen LogP contribution in [0.25, 0.3) is 0 Å². The topological polar surface area (TPSA) is 0 Å². The molecular formula is C12H14ClF3. The average Bonchev–Trinajstić information content (AvgIpc) is 2.24. The smallest absolute Gasteiger partial charge is 0.166 e. The highest BCUT2D eigenvalue weighted by atomic mass is 35.5. The number of hydrogen-bond donors (Lipinski definition) is 0. The SMILES string of the molecule is CC(CCCCl)c1ccccc1C(F)(F)F. The summed E-state index contributed by atoms with van der Waals surface area (Å²) >= 11 is 5.54. The molecule has 0 N–H and O–H groups in total. The summed E-state index contributed by atoms with van der Waals surface area (Å²) in [6, 6.07) is 5.73. The fraction of sp³-hybridized carbons (Fsp3) is 0.500. The van der Waals surface area contributed by atoms with Gasteiger partial charge in [0.05, 0.1) is 5.56 Å².